The second kappa shape index (κ2) is 2.63. The normalized spacial score (nSPS) is 14.6. The number of rotatable bonds is 1. The van der Waals surface area contributed by atoms with Gasteiger partial charge in [-0.05, 0) is 12.5 Å². The Kier molecular flexibility index (Phi) is 1.61. The second-order valence-corrected chi connectivity index (χ2v) is 3.15. The van der Waals surface area contributed by atoms with Crippen LogP contribution in [0.1, 0.15) is 11.1 Å². The summed E-state index contributed by atoms with van der Waals surface area (Å²) in [5, 5.41) is 7.81. The van der Waals surface area contributed by atoms with Crippen LogP contribution in [0.5, 0.6) is 0 Å². The monoisotopic (exact) mass is 160 g/mol. The third-order valence-electron chi connectivity index (χ3n) is 2.16. The third-order valence-corrected chi connectivity index (χ3v) is 2.16. The number of nitrogens with zero attached hydrogens (tertiary/aromatic N) is 1. The highest BCUT2D eigenvalue weighted by molar-refractivity contribution is 5.98. The molecule has 1 saturated heterocycles. The highest BCUT2D eigenvalue weighted by Gasteiger charge is 2.22. The maximum atomic E-state index is 7.81. The molecule has 1 aromatic carbocycles. The molecule has 0 radical (unpaired) electrons. The van der Waals surface area contributed by atoms with Crippen molar-refractivity contribution in [1.29, 1.82) is 5.41 Å². The van der Waals surface area contributed by atoms with Gasteiger partial charge in [-0.15, -0.1) is 0 Å². The molecule has 1 aromatic rings. The number of benzene rings is 1. The van der Waals surface area contributed by atoms with Gasteiger partial charge in [-0.1, -0.05) is 24.3 Å². The van der Waals surface area contributed by atoms with E-state index in [0.717, 1.165) is 18.7 Å². The first kappa shape index (κ1) is 7.35. The molecular formula is C10H12N2. The van der Waals surface area contributed by atoms with Crippen LogP contribution in [0.3, 0.4) is 0 Å². The van der Waals surface area contributed by atoms with E-state index in [-0.39, 0.29) is 0 Å². The quantitative estimate of drug-likeness (QED) is 0.377. The molecule has 0 aromatic heterocycles. The molecule has 1 aliphatic heterocycles. The highest BCUT2D eigenvalue weighted by atomic mass is 15.3. The molecule has 12 heavy (non-hydrogen) atoms. The van der Waals surface area contributed by atoms with E-state index in [1.54, 1.807) is 0 Å². The molecule has 0 saturated carbocycles. The van der Waals surface area contributed by atoms with Gasteiger partial charge in [-0.2, -0.15) is 0 Å². The molecule has 0 aliphatic carbocycles. The molecule has 0 amide bonds. The third kappa shape index (κ3) is 1.20. The summed E-state index contributed by atoms with van der Waals surface area (Å²) in [7, 11) is 0. The Labute approximate surface area is 72.3 Å². The topological polar surface area (TPSA) is 26.9 Å². The molecule has 0 bridgehead atoms. The minimum absolute atomic E-state index is 0.674. The summed E-state index contributed by atoms with van der Waals surface area (Å²) in [6, 6.07) is 8.05. The molecule has 2 heteroatoms. The van der Waals surface area contributed by atoms with Crippen molar-refractivity contribution in [3.05, 3.63) is 35.4 Å². The van der Waals surface area contributed by atoms with E-state index < -0.39 is 0 Å². The summed E-state index contributed by atoms with van der Waals surface area (Å²) in [5.41, 5.74) is 2.25. The van der Waals surface area contributed by atoms with Gasteiger partial charge in [-0.25, -0.2) is 0 Å². The van der Waals surface area contributed by atoms with Gasteiger partial charge in [0.1, 0.15) is 5.84 Å². The predicted molar refractivity (Wildman–Crippen MR) is 49.6 cm³/mol. The van der Waals surface area contributed by atoms with Gasteiger partial charge in [-0.3, -0.25) is 5.41 Å². The van der Waals surface area contributed by atoms with E-state index in [1.165, 1.54) is 5.56 Å². The summed E-state index contributed by atoms with van der Waals surface area (Å²) < 4.78 is 0. The fraction of sp³-hybridized carbons (Fsp3) is 0.300. The summed E-state index contributed by atoms with van der Waals surface area (Å²) >= 11 is 0. The first-order valence-corrected chi connectivity index (χ1v) is 4.18. The van der Waals surface area contributed by atoms with Gasteiger partial charge >= 0.3 is 0 Å². The van der Waals surface area contributed by atoms with Crippen LogP contribution in [-0.2, 0) is 0 Å². The van der Waals surface area contributed by atoms with E-state index in [9.17, 15) is 0 Å². The number of hydrogen-bond donors (Lipinski definition) is 1. The lowest BCUT2D eigenvalue weighted by Gasteiger charge is -2.07. The zero-order chi connectivity index (χ0) is 8.55. The average molecular weight is 160 g/mol. The van der Waals surface area contributed by atoms with Crippen LogP contribution in [0.15, 0.2) is 24.3 Å². The molecule has 62 valence electrons. The largest absolute Gasteiger partial charge is 0.353 e. The SMILES string of the molecule is Cc1ccccc1C(=N)N1CC1. The van der Waals surface area contributed by atoms with Crippen LogP contribution in [0.25, 0.3) is 0 Å². The van der Waals surface area contributed by atoms with Gasteiger partial charge in [0.25, 0.3) is 0 Å². The zero-order valence-corrected chi connectivity index (χ0v) is 7.17. The van der Waals surface area contributed by atoms with Crippen molar-refractivity contribution in [3.8, 4) is 0 Å². The maximum Gasteiger partial charge on any atom is 0.128 e. The van der Waals surface area contributed by atoms with Gasteiger partial charge in [0.05, 0.1) is 0 Å². The summed E-state index contributed by atoms with van der Waals surface area (Å²) in [4.78, 5) is 2.06. The fourth-order valence-corrected chi connectivity index (χ4v) is 1.28. The molecule has 0 atom stereocenters. The Hall–Kier alpha value is -1.31. The van der Waals surface area contributed by atoms with Crippen molar-refractivity contribution in [2.45, 2.75) is 6.92 Å². The fourth-order valence-electron chi connectivity index (χ4n) is 1.28. The van der Waals surface area contributed by atoms with Gasteiger partial charge in [0.15, 0.2) is 0 Å². The number of aryl methyl sites for hydroxylation is 1. The van der Waals surface area contributed by atoms with Crippen LogP contribution >= 0.6 is 0 Å². The molecule has 1 fully saturated rings. The highest BCUT2D eigenvalue weighted by Crippen LogP contribution is 2.14. The summed E-state index contributed by atoms with van der Waals surface area (Å²) in [5.74, 6) is 0.674. The Morgan fingerprint density at radius 3 is 2.58 bits per heavy atom. The van der Waals surface area contributed by atoms with E-state index in [2.05, 4.69) is 4.90 Å². The Morgan fingerprint density at radius 2 is 2.00 bits per heavy atom. The first-order chi connectivity index (χ1) is 5.79. The minimum Gasteiger partial charge on any atom is -0.353 e. The molecule has 1 N–H and O–H groups in total. The molecule has 1 aliphatic rings. The smallest absolute Gasteiger partial charge is 0.128 e. The van der Waals surface area contributed by atoms with Crippen molar-refractivity contribution in [2.24, 2.45) is 0 Å². The Balaban J connectivity index is 2.32. The van der Waals surface area contributed by atoms with E-state index >= 15 is 0 Å². The van der Waals surface area contributed by atoms with Crippen LogP contribution < -0.4 is 0 Å². The molecule has 2 rings (SSSR count). The first-order valence-electron chi connectivity index (χ1n) is 4.18. The maximum absolute atomic E-state index is 7.81. The van der Waals surface area contributed by atoms with Gasteiger partial charge in [0.2, 0.25) is 0 Å². The van der Waals surface area contributed by atoms with Crippen molar-refractivity contribution >= 4 is 5.84 Å². The van der Waals surface area contributed by atoms with Crippen molar-refractivity contribution in [1.82, 2.24) is 4.90 Å². The summed E-state index contributed by atoms with van der Waals surface area (Å²) in [6.45, 7) is 4.15. The van der Waals surface area contributed by atoms with Gasteiger partial charge < -0.3 is 4.90 Å². The lowest BCUT2D eigenvalue weighted by molar-refractivity contribution is 0.835. The number of hydrogen-bond acceptors (Lipinski definition) is 1. The van der Waals surface area contributed by atoms with E-state index in [1.807, 2.05) is 31.2 Å². The second-order valence-electron chi connectivity index (χ2n) is 3.15. The molecule has 0 unspecified atom stereocenters. The predicted octanol–water partition coefficient (Wildman–Crippen LogP) is 1.64. The van der Waals surface area contributed by atoms with Crippen molar-refractivity contribution in [3.63, 3.8) is 0 Å². The molecular weight excluding hydrogens is 148 g/mol. The van der Waals surface area contributed by atoms with E-state index in [4.69, 9.17) is 5.41 Å². The minimum atomic E-state index is 0.674. The van der Waals surface area contributed by atoms with E-state index in [0.29, 0.717) is 5.84 Å². The number of amidine groups is 1. The molecule has 0 spiro atoms. The van der Waals surface area contributed by atoms with Crippen LogP contribution in [0, 0.1) is 12.3 Å². The zero-order valence-electron chi connectivity index (χ0n) is 7.17. The Morgan fingerprint density at radius 1 is 1.33 bits per heavy atom. The average Bonchev–Trinajstić information content (AvgIpc) is 2.86. The summed E-state index contributed by atoms with van der Waals surface area (Å²) in [6.07, 6.45) is 0. The van der Waals surface area contributed by atoms with Crippen LogP contribution in [0.2, 0.25) is 0 Å². The Bertz CT molecular complexity index is 313. The molecule has 1 heterocycles. The lowest BCUT2D eigenvalue weighted by atomic mass is 10.1. The number of nitrogens with one attached hydrogen (secondary N) is 1. The standard InChI is InChI=1S/C10H12N2/c1-8-4-2-3-5-9(8)10(11)12-6-7-12/h2-5,11H,6-7H2,1H3. The van der Waals surface area contributed by atoms with Gasteiger partial charge in [0, 0.05) is 18.7 Å². The van der Waals surface area contributed by atoms with Crippen molar-refractivity contribution in [2.75, 3.05) is 13.1 Å². The molecule has 2 nitrogen and oxygen atoms in total. The van der Waals surface area contributed by atoms with Crippen molar-refractivity contribution < 1.29 is 0 Å². The van der Waals surface area contributed by atoms with Crippen LogP contribution in [-0.4, -0.2) is 23.8 Å². The van der Waals surface area contributed by atoms with Crippen LogP contribution in [0.4, 0.5) is 0 Å². The lowest BCUT2D eigenvalue weighted by Crippen LogP contribution is -2.11.